The van der Waals surface area contributed by atoms with Crippen LogP contribution in [0.5, 0.6) is 0 Å². The first-order chi connectivity index (χ1) is 14.5. The van der Waals surface area contributed by atoms with Crippen LogP contribution >= 0.6 is 23.2 Å². The fourth-order valence-corrected chi connectivity index (χ4v) is 3.14. The Bertz CT molecular complexity index is 1210. The van der Waals surface area contributed by atoms with Gasteiger partial charge in [-0.3, -0.25) is 4.98 Å². The van der Waals surface area contributed by atoms with Gasteiger partial charge in [-0.1, -0.05) is 40.4 Å². The Balaban J connectivity index is 1.67. The van der Waals surface area contributed by atoms with Gasteiger partial charge in [-0.05, 0) is 34.2 Å². The third-order valence-electron chi connectivity index (χ3n) is 4.09. The zero-order valence-corrected chi connectivity index (χ0v) is 16.3. The molecular formula is C18H10Cl2F3N7. The lowest BCUT2D eigenvalue weighted by molar-refractivity contribution is 0.491. The summed E-state index contributed by atoms with van der Waals surface area (Å²) in [6.07, 6.45) is 1.36. The molecule has 4 aromatic rings. The molecule has 0 aliphatic rings. The highest BCUT2D eigenvalue weighted by atomic mass is 35.5. The van der Waals surface area contributed by atoms with Gasteiger partial charge in [-0.25, -0.2) is 4.39 Å². The van der Waals surface area contributed by atoms with E-state index in [1.54, 1.807) is 30.3 Å². The average Bonchev–Trinajstić information content (AvgIpc) is 3.17. The van der Waals surface area contributed by atoms with Crippen molar-refractivity contribution in [3.8, 4) is 16.9 Å². The zero-order valence-electron chi connectivity index (χ0n) is 14.8. The molecule has 0 fully saturated rings. The Labute approximate surface area is 177 Å². The number of aromatic nitrogens is 6. The topological polar surface area (TPSA) is 81.4 Å². The molecule has 0 aliphatic carbocycles. The first-order valence-corrected chi connectivity index (χ1v) is 9.13. The molecule has 1 aromatic carbocycles. The SMILES string of the molecule is Fc1cc(F)c(-c2ncccc2CNc2nnnn2-c2cccc(Cl)c2Cl)c(F)n1. The van der Waals surface area contributed by atoms with Crippen molar-refractivity contribution in [1.29, 1.82) is 0 Å². The van der Waals surface area contributed by atoms with E-state index < -0.39 is 23.3 Å². The molecule has 4 rings (SSSR count). The molecule has 7 nitrogen and oxygen atoms in total. The molecule has 0 radical (unpaired) electrons. The van der Waals surface area contributed by atoms with Gasteiger partial charge in [-0.2, -0.15) is 18.4 Å². The Morgan fingerprint density at radius 1 is 1.07 bits per heavy atom. The van der Waals surface area contributed by atoms with E-state index in [9.17, 15) is 13.2 Å². The van der Waals surface area contributed by atoms with Crippen molar-refractivity contribution < 1.29 is 13.2 Å². The number of pyridine rings is 2. The maximum atomic E-state index is 14.2. The molecule has 3 aromatic heterocycles. The number of anilines is 1. The van der Waals surface area contributed by atoms with E-state index in [4.69, 9.17) is 23.2 Å². The van der Waals surface area contributed by atoms with Crippen molar-refractivity contribution >= 4 is 29.2 Å². The summed E-state index contributed by atoms with van der Waals surface area (Å²) in [7, 11) is 0. The van der Waals surface area contributed by atoms with Crippen molar-refractivity contribution in [2.45, 2.75) is 6.54 Å². The number of benzene rings is 1. The summed E-state index contributed by atoms with van der Waals surface area (Å²) in [5, 5.41) is 14.9. The zero-order chi connectivity index (χ0) is 21.3. The smallest absolute Gasteiger partial charge is 0.248 e. The Hall–Kier alpha value is -3.24. The van der Waals surface area contributed by atoms with Crippen LogP contribution in [0.4, 0.5) is 19.1 Å². The highest BCUT2D eigenvalue weighted by Crippen LogP contribution is 2.30. The van der Waals surface area contributed by atoms with Gasteiger partial charge in [0.15, 0.2) is 0 Å². The predicted molar refractivity (Wildman–Crippen MR) is 104 cm³/mol. The van der Waals surface area contributed by atoms with Crippen molar-refractivity contribution in [2.24, 2.45) is 0 Å². The van der Waals surface area contributed by atoms with Crippen LogP contribution < -0.4 is 5.32 Å². The van der Waals surface area contributed by atoms with E-state index in [1.165, 1.54) is 10.9 Å². The molecule has 0 saturated carbocycles. The van der Waals surface area contributed by atoms with Gasteiger partial charge in [0.2, 0.25) is 17.8 Å². The van der Waals surface area contributed by atoms with Crippen LogP contribution in [0.3, 0.4) is 0 Å². The molecule has 3 heterocycles. The van der Waals surface area contributed by atoms with Gasteiger partial charge in [0.25, 0.3) is 0 Å². The molecule has 0 saturated heterocycles. The summed E-state index contributed by atoms with van der Waals surface area (Å²) >= 11 is 12.3. The molecule has 0 spiro atoms. The summed E-state index contributed by atoms with van der Waals surface area (Å²) in [5.41, 5.74) is 0.261. The van der Waals surface area contributed by atoms with E-state index in [0.717, 1.165) is 0 Å². The first-order valence-electron chi connectivity index (χ1n) is 8.38. The van der Waals surface area contributed by atoms with Gasteiger partial charge < -0.3 is 5.32 Å². The van der Waals surface area contributed by atoms with Gasteiger partial charge >= 0.3 is 0 Å². The molecule has 12 heteroatoms. The summed E-state index contributed by atoms with van der Waals surface area (Å²) in [5.74, 6) is -3.48. The Morgan fingerprint density at radius 2 is 1.90 bits per heavy atom. The molecule has 152 valence electrons. The van der Waals surface area contributed by atoms with Crippen molar-refractivity contribution in [2.75, 3.05) is 5.32 Å². The molecule has 0 aliphatic heterocycles. The highest BCUT2D eigenvalue weighted by molar-refractivity contribution is 6.43. The molecular weight excluding hydrogens is 442 g/mol. The molecule has 0 bridgehead atoms. The van der Waals surface area contributed by atoms with Crippen LogP contribution in [0.25, 0.3) is 16.9 Å². The van der Waals surface area contributed by atoms with Gasteiger partial charge in [0.1, 0.15) is 5.82 Å². The van der Waals surface area contributed by atoms with Gasteiger partial charge in [0.05, 0.1) is 27.0 Å². The lowest BCUT2D eigenvalue weighted by atomic mass is 10.1. The Morgan fingerprint density at radius 3 is 2.70 bits per heavy atom. The highest BCUT2D eigenvalue weighted by Gasteiger charge is 2.20. The largest absolute Gasteiger partial charge is 0.349 e. The molecule has 0 atom stereocenters. The minimum Gasteiger partial charge on any atom is -0.349 e. The van der Waals surface area contributed by atoms with E-state index in [-0.39, 0.29) is 23.2 Å². The van der Waals surface area contributed by atoms with E-state index in [1.807, 2.05) is 0 Å². The third-order valence-corrected chi connectivity index (χ3v) is 4.90. The fourth-order valence-electron chi connectivity index (χ4n) is 2.76. The second-order valence-corrected chi connectivity index (χ2v) is 6.73. The number of hydrogen-bond donors (Lipinski definition) is 1. The Kier molecular flexibility index (Phi) is 5.51. The van der Waals surface area contributed by atoms with Crippen LogP contribution in [-0.2, 0) is 6.54 Å². The number of rotatable bonds is 5. The lowest BCUT2D eigenvalue weighted by Crippen LogP contribution is -2.10. The number of halogens is 5. The summed E-state index contributed by atoms with van der Waals surface area (Å²) in [4.78, 5) is 7.06. The standard InChI is InChI=1S/C18H10Cl2F3N7/c19-10-4-1-5-12(15(10)20)30-18(27-28-29-30)25-8-9-3-2-6-24-16(9)14-11(21)7-13(22)26-17(14)23/h1-7H,8H2,(H,25,27,29). The fraction of sp³-hybridized carbons (Fsp3) is 0.0556. The van der Waals surface area contributed by atoms with Crippen LogP contribution in [0.15, 0.2) is 42.6 Å². The summed E-state index contributed by atoms with van der Waals surface area (Å²) in [6.45, 7) is 0.0397. The lowest BCUT2D eigenvalue weighted by Gasteiger charge is -2.12. The monoisotopic (exact) mass is 451 g/mol. The summed E-state index contributed by atoms with van der Waals surface area (Å²) < 4.78 is 42.8. The minimum atomic E-state index is -1.30. The first kappa shape index (κ1) is 20.0. The van der Waals surface area contributed by atoms with Crippen molar-refractivity contribution in [3.63, 3.8) is 0 Å². The van der Waals surface area contributed by atoms with Crippen molar-refractivity contribution in [3.05, 3.63) is 75.9 Å². The number of nitrogens with one attached hydrogen (secondary N) is 1. The normalized spacial score (nSPS) is 11.0. The van der Waals surface area contributed by atoms with Gasteiger partial charge in [0, 0.05) is 18.8 Å². The number of tetrazole rings is 1. The van der Waals surface area contributed by atoms with Crippen molar-refractivity contribution in [1.82, 2.24) is 30.2 Å². The summed E-state index contributed by atoms with van der Waals surface area (Å²) in [6, 6.07) is 8.64. The molecule has 1 N–H and O–H groups in total. The van der Waals surface area contributed by atoms with Crippen LogP contribution in [0, 0.1) is 17.7 Å². The maximum Gasteiger partial charge on any atom is 0.248 e. The van der Waals surface area contributed by atoms with Crippen LogP contribution in [0.1, 0.15) is 5.56 Å². The molecule has 30 heavy (non-hydrogen) atoms. The number of nitrogens with zero attached hydrogens (tertiary/aromatic N) is 6. The second-order valence-electron chi connectivity index (χ2n) is 5.94. The third kappa shape index (κ3) is 3.79. The quantitative estimate of drug-likeness (QED) is 0.451. The second kappa shape index (κ2) is 8.25. The van der Waals surface area contributed by atoms with E-state index in [2.05, 4.69) is 30.8 Å². The van der Waals surface area contributed by atoms with Crippen LogP contribution in [-0.4, -0.2) is 30.2 Å². The molecule has 0 amide bonds. The predicted octanol–water partition coefficient (Wildman–Crippen LogP) is 4.46. The van der Waals surface area contributed by atoms with E-state index >= 15 is 0 Å². The maximum absolute atomic E-state index is 14.2. The minimum absolute atomic E-state index is 0.0349. The average molecular weight is 452 g/mol. The van der Waals surface area contributed by atoms with E-state index in [0.29, 0.717) is 22.3 Å². The van der Waals surface area contributed by atoms with Gasteiger partial charge in [-0.15, -0.1) is 0 Å². The van der Waals surface area contributed by atoms with Crippen LogP contribution in [0.2, 0.25) is 10.0 Å². The number of hydrogen-bond acceptors (Lipinski definition) is 6. The molecule has 0 unspecified atom stereocenters.